The Kier molecular flexibility index (Phi) is 3.71. The van der Waals surface area contributed by atoms with Crippen LogP contribution in [0.5, 0.6) is 0 Å². The largest absolute Gasteiger partial charge is 0.396 e. The Morgan fingerprint density at radius 1 is 1.33 bits per heavy atom. The third-order valence-corrected chi connectivity index (χ3v) is 7.16. The molecule has 1 saturated heterocycles. The van der Waals surface area contributed by atoms with E-state index in [2.05, 4.69) is 26.1 Å². The second kappa shape index (κ2) is 5.15. The molecule has 2 aliphatic carbocycles. The third kappa shape index (κ3) is 2.26. The highest BCUT2D eigenvalue weighted by Gasteiger charge is 2.61. The van der Waals surface area contributed by atoms with Gasteiger partial charge >= 0.3 is 6.03 Å². The number of piperidine rings is 1. The molecule has 3 fully saturated rings. The van der Waals surface area contributed by atoms with Crippen molar-refractivity contribution in [2.24, 2.45) is 22.7 Å². The highest BCUT2D eigenvalue weighted by atomic mass is 16.3. The van der Waals surface area contributed by atoms with Gasteiger partial charge in [-0.3, -0.25) is 0 Å². The summed E-state index contributed by atoms with van der Waals surface area (Å²) < 4.78 is 0. The summed E-state index contributed by atoms with van der Waals surface area (Å²) in [5.74, 6) is 1.01. The fourth-order valence-corrected chi connectivity index (χ4v) is 5.06. The van der Waals surface area contributed by atoms with Crippen molar-refractivity contribution < 1.29 is 9.90 Å². The Balaban J connectivity index is 1.64. The number of hydrogen-bond donors (Lipinski definition) is 2. The first kappa shape index (κ1) is 15.1. The summed E-state index contributed by atoms with van der Waals surface area (Å²) in [6, 6.07) is 0.399. The SMILES string of the molecule is CC1(C)[C@H]2CC[C@@]1(C)[C@H](NC(=O)N1CCC[C@@H](CO)C1)C2. The van der Waals surface area contributed by atoms with Crippen LogP contribution in [0.4, 0.5) is 4.79 Å². The Morgan fingerprint density at radius 2 is 2.10 bits per heavy atom. The van der Waals surface area contributed by atoms with E-state index in [-0.39, 0.29) is 24.0 Å². The lowest BCUT2D eigenvalue weighted by molar-refractivity contribution is 0.105. The van der Waals surface area contributed by atoms with Crippen molar-refractivity contribution in [2.45, 2.75) is 58.9 Å². The minimum Gasteiger partial charge on any atom is -0.396 e. The first-order valence-electron chi connectivity index (χ1n) is 8.55. The molecule has 0 unspecified atom stereocenters. The zero-order valence-electron chi connectivity index (χ0n) is 13.7. The van der Waals surface area contributed by atoms with E-state index in [0.29, 0.717) is 18.0 Å². The Hall–Kier alpha value is -0.770. The fraction of sp³-hybridized carbons (Fsp3) is 0.941. The topological polar surface area (TPSA) is 52.6 Å². The number of aliphatic hydroxyl groups is 1. The number of hydrogen-bond acceptors (Lipinski definition) is 2. The van der Waals surface area contributed by atoms with Gasteiger partial charge in [0.1, 0.15) is 0 Å². The number of nitrogens with zero attached hydrogens (tertiary/aromatic N) is 1. The van der Waals surface area contributed by atoms with E-state index < -0.39 is 0 Å². The van der Waals surface area contributed by atoms with Gasteiger partial charge in [0, 0.05) is 25.7 Å². The van der Waals surface area contributed by atoms with E-state index in [1.165, 1.54) is 12.8 Å². The van der Waals surface area contributed by atoms with Crippen LogP contribution in [0.1, 0.15) is 52.9 Å². The van der Waals surface area contributed by atoms with Crippen LogP contribution >= 0.6 is 0 Å². The molecule has 2 amide bonds. The number of fused-ring (bicyclic) bond motifs is 2. The summed E-state index contributed by atoms with van der Waals surface area (Å²) in [5, 5.41) is 12.6. The second-order valence-electron chi connectivity index (χ2n) is 8.25. The lowest BCUT2D eigenvalue weighted by atomic mass is 9.69. The lowest BCUT2D eigenvalue weighted by Gasteiger charge is -2.41. The summed E-state index contributed by atoms with van der Waals surface area (Å²) in [5.41, 5.74) is 0.569. The molecule has 120 valence electrons. The number of nitrogens with one attached hydrogen (secondary N) is 1. The molecule has 0 spiro atoms. The molecule has 1 heterocycles. The Labute approximate surface area is 128 Å². The van der Waals surface area contributed by atoms with Crippen molar-refractivity contribution in [3.63, 3.8) is 0 Å². The van der Waals surface area contributed by atoms with Crippen LogP contribution in [-0.2, 0) is 0 Å². The summed E-state index contributed by atoms with van der Waals surface area (Å²) in [7, 11) is 0. The van der Waals surface area contributed by atoms with Crippen molar-refractivity contribution in [1.29, 1.82) is 0 Å². The molecule has 0 radical (unpaired) electrons. The molecule has 2 bridgehead atoms. The molecular formula is C17H30N2O2. The van der Waals surface area contributed by atoms with Crippen LogP contribution in [0.3, 0.4) is 0 Å². The fourth-order valence-electron chi connectivity index (χ4n) is 5.06. The summed E-state index contributed by atoms with van der Waals surface area (Å²) in [4.78, 5) is 14.5. The summed E-state index contributed by atoms with van der Waals surface area (Å²) in [6.07, 6.45) is 5.72. The molecule has 4 heteroatoms. The van der Waals surface area contributed by atoms with E-state index in [1.54, 1.807) is 0 Å². The number of urea groups is 1. The van der Waals surface area contributed by atoms with Crippen LogP contribution in [0.2, 0.25) is 0 Å². The van der Waals surface area contributed by atoms with Gasteiger partial charge in [-0.1, -0.05) is 20.8 Å². The molecule has 0 aromatic heterocycles. The Bertz CT molecular complexity index is 423. The molecule has 4 nitrogen and oxygen atoms in total. The van der Waals surface area contributed by atoms with E-state index in [4.69, 9.17) is 0 Å². The van der Waals surface area contributed by atoms with Crippen LogP contribution in [0.15, 0.2) is 0 Å². The second-order valence-corrected chi connectivity index (χ2v) is 8.25. The highest BCUT2D eigenvalue weighted by Crippen LogP contribution is 2.65. The molecule has 3 rings (SSSR count). The quantitative estimate of drug-likeness (QED) is 0.822. The summed E-state index contributed by atoms with van der Waals surface area (Å²) >= 11 is 0. The number of rotatable bonds is 2. The minimum atomic E-state index is 0.0859. The van der Waals surface area contributed by atoms with E-state index in [1.807, 2.05) is 4.90 Å². The molecule has 4 atom stereocenters. The monoisotopic (exact) mass is 294 g/mol. The van der Waals surface area contributed by atoms with Gasteiger partial charge in [0.2, 0.25) is 0 Å². The molecule has 2 saturated carbocycles. The van der Waals surface area contributed by atoms with Crippen molar-refractivity contribution in [3.8, 4) is 0 Å². The van der Waals surface area contributed by atoms with Gasteiger partial charge in [0.15, 0.2) is 0 Å². The van der Waals surface area contributed by atoms with Crippen molar-refractivity contribution >= 4 is 6.03 Å². The number of likely N-dealkylation sites (tertiary alicyclic amines) is 1. The number of carbonyl (C=O) groups is 1. The van der Waals surface area contributed by atoms with Crippen molar-refractivity contribution in [1.82, 2.24) is 10.2 Å². The average Bonchev–Trinajstić information content (AvgIpc) is 2.80. The maximum atomic E-state index is 12.6. The maximum Gasteiger partial charge on any atom is 0.317 e. The lowest BCUT2D eigenvalue weighted by Crippen LogP contribution is -2.53. The van der Waals surface area contributed by atoms with Gasteiger partial charge in [-0.25, -0.2) is 4.79 Å². The Morgan fingerprint density at radius 3 is 2.67 bits per heavy atom. The zero-order valence-corrected chi connectivity index (χ0v) is 13.7. The average molecular weight is 294 g/mol. The molecule has 0 aromatic rings. The molecular weight excluding hydrogens is 264 g/mol. The molecule has 21 heavy (non-hydrogen) atoms. The first-order valence-corrected chi connectivity index (χ1v) is 8.55. The van der Waals surface area contributed by atoms with Crippen molar-refractivity contribution in [2.75, 3.05) is 19.7 Å². The van der Waals surface area contributed by atoms with Gasteiger partial charge < -0.3 is 15.3 Å². The molecule has 1 aliphatic heterocycles. The van der Waals surface area contributed by atoms with Crippen LogP contribution in [0, 0.1) is 22.7 Å². The van der Waals surface area contributed by atoms with E-state index in [0.717, 1.165) is 31.7 Å². The number of amides is 2. The normalized spacial score (nSPS) is 41.3. The van der Waals surface area contributed by atoms with Gasteiger partial charge in [-0.2, -0.15) is 0 Å². The zero-order chi connectivity index (χ0) is 15.3. The van der Waals surface area contributed by atoms with Gasteiger partial charge in [0.25, 0.3) is 0 Å². The smallest absolute Gasteiger partial charge is 0.317 e. The van der Waals surface area contributed by atoms with E-state index >= 15 is 0 Å². The van der Waals surface area contributed by atoms with Crippen molar-refractivity contribution in [3.05, 3.63) is 0 Å². The third-order valence-electron chi connectivity index (χ3n) is 7.16. The molecule has 2 N–H and O–H groups in total. The number of carbonyl (C=O) groups excluding carboxylic acids is 1. The van der Waals surface area contributed by atoms with Crippen LogP contribution < -0.4 is 5.32 Å². The standard InChI is InChI=1S/C17H30N2O2/c1-16(2)13-6-7-17(16,3)14(9-13)18-15(21)19-8-4-5-12(10-19)11-20/h12-14,20H,4-11H2,1-3H3,(H,18,21)/t12-,13+,14-,17+/m1/s1. The maximum absolute atomic E-state index is 12.6. The van der Waals surface area contributed by atoms with Gasteiger partial charge in [0.05, 0.1) is 0 Å². The van der Waals surface area contributed by atoms with Crippen LogP contribution in [0.25, 0.3) is 0 Å². The molecule has 0 aromatic carbocycles. The van der Waals surface area contributed by atoms with Gasteiger partial charge in [-0.05, 0) is 54.8 Å². The predicted octanol–water partition coefficient (Wildman–Crippen LogP) is 2.62. The highest BCUT2D eigenvalue weighted by molar-refractivity contribution is 5.75. The molecule has 3 aliphatic rings. The predicted molar refractivity (Wildman–Crippen MR) is 82.9 cm³/mol. The van der Waals surface area contributed by atoms with Crippen LogP contribution in [-0.4, -0.2) is 41.8 Å². The first-order chi connectivity index (χ1) is 9.88. The minimum absolute atomic E-state index is 0.0859. The number of aliphatic hydroxyl groups excluding tert-OH is 1. The van der Waals surface area contributed by atoms with Gasteiger partial charge in [-0.15, -0.1) is 0 Å². The van der Waals surface area contributed by atoms with E-state index in [9.17, 15) is 9.90 Å². The summed E-state index contributed by atoms with van der Waals surface area (Å²) in [6.45, 7) is 8.84.